The number of carboxylic acid groups (broad SMARTS) is 1. The van der Waals surface area contributed by atoms with Gasteiger partial charge in [0.25, 0.3) is 0 Å². The topological polar surface area (TPSA) is 110 Å². The predicted octanol–water partition coefficient (Wildman–Crippen LogP) is 4.55. The molecule has 206 valence electrons. The van der Waals surface area contributed by atoms with Gasteiger partial charge in [0.05, 0.1) is 18.3 Å². The van der Waals surface area contributed by atoms with Gasteiger partial charge in [-0.25, -0.2) is 4.79 Å². The first kappa shape index (κ1) is 26.2. The van der Waals surface area contributed by atoms with E-state index in [0.717, 1.165) is 83.3 Å². The molecule has 1 unspecified atom stereocenters. The van der Waals surface area contributed by atoms with Crippen molar-refractivity contribution in [3.8, 4) is 17.0 Å². The molecule has 1 aromatic heterocycles. The van der Waals surface area contributed by atoms with Gasteiger partial charge >= 0.3 is 5.97 Å². The predicted molar refractivity (Wildman–Crippen MR) is 156 cm³/mol. The van der Waals surface area contributed by atoms with Crippen LogP contribution in [0.2, 0.25) is 0 Å². The number of rotatable bonds is 7. The highest BCUT2D eigenvalue weighted by atomic mass is 32.2. The number of fused-ring (bicyclic) bond motifs is 5. The number of pyridine rings is 1. The number of aromatic carboxylic acids is 1. The number of benzene rings is 1. The van der Waals surface area contributed by atoms with Crippen molar-refractivity contribution >= 4 is 29.7 Å². The van der Waals surface area contributed by atoms with Gasteiger partial charge in [-0.3, -0.25) is 14.1 Å². The quantitative estimate of drug-likeness (QED) is 0.386. The summed E-state index contributed by atoms with van der Waals surface area (Å²) in [6.45, 7) is 6.95. The zero-order valence-corrected chi connectivity index (χ0v) is 23.4. The van der Waals surface area contributed by atoms with Crippen molar-refractivity contribution < 1.29 is 14.6 Å². The van der Waals surface area contributed by atoms with Crippen LogP contribution >= 0.6 is 11.9 Å². The maximum absolute atomic E-state index is 12.8. The molecule has 6 rings (SSSR count). The molecule has 0 bridgehead atoms. The van der Waals surface area contributed by atoms with Gasteiger partial charge in [0.2, 0.25) is 0 Å². The molecule has 3 N–H and O–H groups in total. The Hall–Kier alpha value is -3.04. The fraction of sp³-hybridized carbons (Fsp3) is 0.500. The molecule has 0 radical (unpaired) electrons. The van der Waals surface area contributed by atoms with Crippen molar-refractivity contribution in [2.45, 2.75) is 69.7 Å². The van der Waals surface area contributed by atoms with Crippen LogP contribution in [0.4, 0.5) is 0 Å². The van der Waals surface area contributed by atoms with Gasteiger partial charge in [-0.15, -0.1) is 0 Å². The molecule has 8 nitrogen and oxygen atoms in total. The van der Waals surface area contributed by atoms with E-state index in [4.69, 9.17) is 15.5 Å². The fourth-order valence-corrected chi connectivity index (χ4v) is 7.26. The smallest absolute Gasteiger partial charge is 0.341 e. The molecule has 1 saturated carbocycles. The zero-order valence-electron chi connectivity index (χ0n) is 22.6. The number of carboxylic acids is 1. The van der Waals surface area contributed by atoms with E-state index in [-0.39, 0.29) is 23.6 Å². The Bertz CT molecular complexity index is 1420. The Balaban J connectivity index is 1.35. The second-order valence-electron chi connectivity index (χ2n) is 11.4. The van der Waals surface area contributed by atoms with E-state index in [1.165, 1.54) is 25.1 Å². The minimum atomic E-state index is -1.20. The molecule has 0 amide bonds. The first-order chi connectivity index (χ1) is 18.8. The highest BCUT2D eigenvalue weighted by Crippen LogP contribution is 2.47. The van der Waals surface area contributed by atoms with Gasteiger partial charge in [-0.1, -0.05) is 25.8 Å². The van der Waals surface area contributed by atoms with Crippen molar-refractivity contribution in [3.63, 3.8) is 0 Å². The number of piperidine rings is 1. The van der Waals surface area contributed by atoms with Gasteiger partial charge < -0.3 is 20.1 Å². The molecule has 1 aromatic carbocycles. The fourth-order valence-electron chi connectivity index (χ4n) is 6.07. The van der Waals surface area contributed by atoms with Crippen LogP contribution in [0, 0.1) is 5.92 Å². The summed E-state index contributed by atoms with van der Waals surface area (Å²) >= 11 is 2.02. The zero-order chi connectivity index (χ0) is 27.3. The van der Waals surface area contributed by atoms with Crippen LogP contribution in [0.1, 0.15) is 72.6 Å². The lowest BCUT2D eigenvalue weighted by molar-refractivity contribution is 0.0694. The largest absolute Gasteiger partial charge is 0.492 e. The lowest BCUT2D eigenvalue weighted by Gasteiger charge is -2.34. The van der Waals surface area contributed by atoms with Gasteiger partial charge in [0, 0.05) is 77.7 Å². The number of carbonyl (C=O) groups is 1. The first-order valence-electron chi connectivity index (χ1n) is 14.0. The molecule has 0 spiro atoms. The molecule has 39 heavy (non-hydrogen) atoms. The second kappa shape index (κ2) is 10.5. The lowest BCUT2D eigenvalue weighted by atomic mass is 9.82. The highest BCUT2D eigenvalue weighted by molar-refractivity contribution is 7.97. The van der Waals surface area contributed by atoms with E-state index >= 15 is 0 Å². The third-order valence-corrected chi connectivity index (χ3v) is 9.77. The van der Waals surface area contributed by atoms with Gasteiger partial charge in [0.1, 0.15) is 11.3 Å². The van der Waals surface area contributed by atoms with E-state index in [2.05, 4.69) is 24.2 Å². The van der Waals surface area contributed by atoms with Crippen LogP contribution in [0.5, 0.6) is 5.75 Å². The number of aliphatic imine (C=N–C) groups is 1. The van der Waals surface area contributed by atoms with E-state index in [9.17, 15) is 14.7 Å². The summed E-state index contributed by atoms with van der Waals surface area (Å²) in [6.07, 6.45) is 11.3. The number of nitrogens with zero attached hydrogens (tertiary/aromatic N) is 3. The summed E-state index contributed by atoms with van der Waals surface area (Å²) in [5, 5.41) is 10.4. The third-order valence-electron chi connectivity index (χ3n) is 8.34. The summed E-state index contributed by atoms with van der Waals surface area (Å²) < 4.78 is 10.7. The average molecular weight is 549 g/mol. The first-order valence-corrected chi connectivity index (χ1v) is 14.9. The molecule has 1 atom stereocenters. The number of hydrogen-bond acceptors (Lipinski definition) is 7. The van der Waals surface area contributed by atoms with Crippen LogP contribution in [0.25, 0.3) is 16.8 Å². The van der Waals surface area contributed by atoms with Crippen molar-refractivity contribution in [1.82, 2.24) is 8.87 Å². The SMILES string of the molecule is CC(C)C1Cc2cc(C(C=NC3CCN(SC4CC4)CC3)=CN)c3c(c2-c2cc(=O)c(C(=O)O)cn21)CCO3. The van der Waals surface area contributed by atoms with Crippen molar-refractivity contribution in [3.05, 3.63) is 57.0 Å². The minimum Gasteiger partial charge on any atom is -0.492 e. The highest BCUT2D eigenvalue weighted by Gasteiger charge is 2.34. The van der Waals surface area contributed by atoms with Gasteiger partial charge in [0.15, 0.2) is 5.43 Å². The standard InChI is InChI=1S/C30H36N4O4S/c1-17(2)25-12-18-11-23(19(14-31)15-32-20-5-8-33(9-6-20)39-21-3-4-21)29-22(7-10-38-29)28(18)26-13-27(35)24(30(36)37)16-34(25)26/h11,13-17,20-21,25H,3-10,12,31H2,1-2H3,(H,36,37). The summed E-state index contributed by atoms with van der Waals surface area (Å²) in [4.78, 5) is 29.5. The summed E-state index contributed by atoms with van der Waals surface area (Å²) in [5.41, 5.74) is 11.2. The maximum Gasteiger partial charge on any atom is 0.341 e. The van der Waals surface area contributed by atoms with Crippen LogP contribution < -0.4 is 15.9 Å². The summed E-state index contributed by atoms with van der Waals surface area (Å²) in [5.74, 6) is -0.169. The molecular formula is C30H36N4O4S. The van der Waals surface area contributed by atoms with E-state index < -0.39 is 11.4 Å². The normalized spacial score (nSPS) is 21.6. The monoisotopic (exact) mass is 548 g/mol. The summed E-state index contributed by atoms with van der Waals surface area (Å²) in [7, 11) is 0. The maximum atomic E-state index is 12.8. The molecule has 2 fully saturated rings. The minimum absolute atomic E-state index is 0.0251. The van der Waals surface area contributed by atoms with E-state index in [1.54, 1.807) is 6.20 Å². The molecular weight excluding hydrogens is 512 g/mol. The Morgan fingerprint density at radius 3 is 2.64 bits per heavy atom. The Kier molecular flexibility index (Phi) is 7.05. The van der Waals surface area contributed by atoms with Crippen molar-refractivity contribution in [2.24, 2.45) is 16.6 Å². The molecule has 2 aromatic rings. The molecule has 1 aliphatic carbocycles. The second-order valence-corrected chi connectivity index (χ2v) is 12.8. The molecule has 1 saturated heterocycles. The average Bonchev–Trinajstić information content (AvgIpc) is 3.59. The van der Waals surface area contributed by atoms with Crippen LogP contribution in [-0.2, 0) is 12.8 Å². The number of aromatic nitrogens is 1. The molecule has 4 heterocycles. The van der Waals surface area contributed by atoms with Gasteiger partial charge in [-0.2, -0.15) is 0 Å². The Morgan fingerprint density at radius 1 is 1.21 bits per heavy atom. The summed E-state index contributed by atoms with van der Waals surface area (Å²) in [6, 6.07) is 3.95. The molecule has 3 aliphatic heterocycles. The van der Waals surface area contributed by atoms with E-state index in [0.29, 0.717) is 6.61 Å². The van der Waals surface area contributed by atoms with Crippen molar-refractivity contribution in [1.29, 1.82) is 0 Å². The van der Waals surface area contributed by atoms with Crippen molar-refractivity contribution in [2.75, 3.05) is 19.7 Å². The Labute approximate surface area is 233 Å². The van der Waals surface area contributed by atoms with Crippen LogP contribution in [-0.4, -0.2) is 57.2 Å². The van der Waals surface area contributed by atoms with Crippen LogP contribution in [0.15, 0.2) is 34.3 Å². The van der Waals surface area contributed by atoms with E-state index in [1.807, 2.05) is 22.7 Å². The number of ether oxygens (including phenoxy) is 1. The van der Waals surface area contributed by atoms with Gasteiger partial charge in [-0.05, 0) is 49.7 Å². The number of nitrogens with two attached hydrogens (primary N) is 1. The van der Waals surface area contributed by atoms with Crippen LogP contribution in [0.3, 0.4) is 0 Å². The number of allylic oxidation sites excluding steroid dienone is 1. The lowest BCUT2D eigenvalue weighted by Crippen LogP contribution is -2.31. The molecule has 4 aliphatic rings. The molecule has 9 heteroatoms. The number of hydrogen-bond donors (Lipinski definition) is 2. The Morgan fingerprint density at radius 2 is 1.97 bits per heavy atom. The third kappa shape index (κ3) is 5.02.